The van der Waals surface area contributed by atoms with Gasteiger partial charge in [-0.25, -0.2) is 13.4 Å². The molecule has 3 unspecified atom stereocenters. The van der Waals surface area contributed by atoms with Gasteiger partial charge in [-0.1, -0.05) is 24.3 Å². The summed E-state index contributed by atoms with van der Waals surface area (Å²) in [5.41, 5.74) is 2.02. The fourth-order valence-corrected chi connectivity index (χ4v) is 9.47. The van der Waals surface area contributed by atoms with Crippen LogP contribution in [0.15, 0.2) is 63.5 Å². The molecular weight excluding hydrogens is 551 g/mol. The Bertz CT molecular complexity index is 1390. The second-order valence-electron chi connectivity index (χ2n) is 10.6. The van der Waals surface area contributed by atoms with Gasteiger partial charge in [-0.3, -0.25) is 14.1 Å². The highest BCUT2D eigenvalue weighted by atomic mass is 32.2. The summed E-state index contributed by atoms with van der Waals surface area (Å²) < 4.78 is 34.0. The molecule has 2 aromatic heterocycles. The lowest BCUT2D eigenvalue weighted by molar-refractivity contribution is 0.0604. The molecule has 1 saturated heterocycles. The second-order valence-corrected chi connectivity index (χ2v) is 14.9. The molecule has 39 heavy (non-hydrogen) atoms. The smallest absolute Gasteiger partial charge is 0.273 e. The topological polar surface area (TPSA) is 89.8 Å². The molecule has 6 rings (SSSR count). The predicted octanol–water partition coefficient (Wildman–Crippen LogP) is 4.33. The number of fused-ring (bicyclic) bond motifs is 1. The summed E-state index contributed by atoms with van der Waals surface area (Å²) in [7, 11) is -2.05. The van der Waals surface area contributed by atoms with Gasteiger partial charge in [0.1, 0.15) is 9.22 Å². The normalized spacial score (nSPS) is 26.4. The fraction of sp³-hybridized carbons (Fsp3) is 0.500. The molecule has 8 nitrogen and oxygen atoms in total. The zero-order valence-electron chi connectivity index (χ0n) is 22.2. The third kappa shape index (κ3) is 5.57. The number of ether oxygens (including phenoxy) is 1. The number of piperazine rings is 1. The molecule has 4 heterocycles. The van der Waals surface area contributed by atoms with E-state index >= 15 is 0 Å². The average Bonchev–Trinajstić information content (AvgIpc) is 3.73. The van der Waals surface area contributed by atoms with Crippen LogP contribution in [0, 0.1) is 11.3 Å². The molecule has 4 aliphatic rings. The molecule has 2 aromatic rings. The third-order valence-electron chi connectivity index (χ3n) is 8.18. The molecule has 0 aromatic carbocycles. The Morgan fingerprint density at radius 3 is 2.74 bits per heavy atom. The van der Waals surface area contributed by atoms with Crippen LogP contribution in [0.1, 0.15) is 35.1 Å². The van der Waals surface area contributed by atoms with Gasteiger partial charge >= 0.3 is 0 Å². The van der Waals surface area contributed by atoms with Crippen molar-refractivity contribution in [3.05, 3.63) is 69.2 Å². The highest BCUT2D eigenvalue weighted by molar-refractivity contribution is 7.91. The number of allylic oxidation sites excluding steroid dienone is 3. The maximum Gasteiger partial charge on any atom is 0.273 e. The molecule has 2 aliphatic heterocycles. The van der Waals surface area contributed by atoms with Crippen molar-refractivity contribution in [1.82, 2.24) is 19.1 Å². The molecule has 0 radical (unpaired) electrons. The van der Waals surface area contributed by atoms with Gasteiger partial charge in [-0.05, 0) is 42.7 Å². The van der Waals surface area contributed by atoms with Gasteiger partial charge in [-0.2, -0.15) is 0 Å². The molecule has 0 spiro atoms. The molecular formula is C28H35N5O3S3. The van der Waals surface area contributed by atoms with Crippen LogP contribution in [-0.4, -0.2) is 85.7 Å². The standard InChI is InChI=1S/C28H35N5O3S3/c1-31(39(34,35)25-8-4-16-37-25)24-7-2-5-20-9-10-23(27(29)26(20)24)28-30-17-22(38-28)19-33-13-11-32(12-14-33)18-21-6-3-15-36-21/h2-4,6-8,16-17,20-21,23,29H,5,9-15,18-19H2,1H3. The van der Waals surface area contributed by atoms with E-state index in [-0.39, 0.29) is 17.9 Å². The molecule has 11 heteroatoms. The first-order valence-corrected chi connectivity index (χ1v) is 16.7. The van der Waals surface area contributed by atoms with Crippen LogP contribution in [0.2, 0.25) is 0 Å². The van der Waals surface area contributed by atoms with Crippen molar-refractivity contribution in [2.75, 3.05) is 46.4 Å². The quantitative estimate of drug-likeness (QED) is 0.464. The Labute approximate surface area is 238 Å². The summed E-state index contributed by atoms with van der Waals surface area (Å²) in [6, 6.07) is 3.39. The van der Waals surface area contributed by atoms with Gasteiger partial charge < -0.3 is 10.1 Å². The van der Waals surface area contributed by atoms with Gasteiger partial charge in [0.15, 0.2) is 0 Å². The van der Waals surface area contributed by atoms with Crippen LogP contribution < -0.4 is 0 Å². The van der Waals surface area contributed by atoms with E-state index in [1.54, 1.807) is 35.9 Å². The van der Waals surface area contributed by atoms with E-state index in [1.165, 1.54) is 20.5 Å². The first kappa shape index (κ1) is 27.0. The molecule has 1 N–H and O–H groups in total. The van der Waals surface area contributed by atoms with Gasteiger partial charge in [0.2, 0.25) is 0 Å². The summed E-state index contributed by atoms with van der Waals surface area (Å²) in [6.45, 7) is 6.72. The lowest BCUT2D eigenvalue weighted by Gasteiger charge is -2.36. The summed E-state index contributed by atoms with van der Waals surface area (Å²) in [5.74, 6) is 0.0845. The second kappa shape index (κ2) is 11.4. The van der Waals surface area contributed by atoms with E-state index in [4.69, 9.17) is 9.72 Å². The van der Waals surface area contributed by atoms with Crippen LogP contribution in [0.25, 0.3) is 0 Å². The average molecular weight is 586 g/mol. The SMILES string of the molecule is CN(C1=C2C(=N)C(c3ncc(CN4CCN(CC5C=CCO5)CC4)s3)CCC2CC=C1)S(=O)(=O)c1cccs1. The number of aromatic nitrogens is 1. The van der Waals surface area contributed by atoms with Gasteiger partial charge in [0.25, 0.3) is 10.0 Å². The van der Waals surface area contributed by atoms with E-state index in [1.807, 2.05) is 12.3 Å². The largest absolute Gasteiger partial charge is 0.369 e. The van der Waals surface area contributed by atoms with Crippen molar-refractivity contribution in [1.29, 1.82) is 5.41 Å². The van der Waals surface area contributed by atoms with Crippen molar-refractivity contribution in [2.24, 2.45) is 5.92 Å². The maximum atomic E-state index is 13.3. The van der Waals surface area contributed by atoms with Gasteiger partial charge in [-0.15, -0.1) is 22.7 Å². The molecule has 0 bridgehead atoms. The summed E-state index contributed by atoms with van der Waals surface area (Å²) in [6.07, 6.45) is 13.1. The number of rotatable bonds is 8. The number of hydrogen-bond acceptors (Lipinski definition) is 9. The summed E-state index contributed by atoms with van der Waals surface area (Å²) in [5, 5.41) is 12.0. The van der Waals surface area contributed by atoms with Crippen molar-refractivity contribution >= 4 is 38.4 Å². The number of likely N-dealkylation sites (N-methyl/N-ethyl adjacent to an activating group) is 1. The van der Waals surface area contributed by atoms with Gasteiger partial charge in [0, 0.05) is 68.7 Å². The summed E-state index contributed by atoms with van der Waals surface area (Å²) in [4.78, 5) is 11.0. The first-order valence-electron chi connectivity index (χ1n) is 13.6. The van der Waals surface area contributed by atoms with Gasteiger partial charge in [0.05, 0.1) is 24.3 Å². The molecule has 3 atom stereocenters. The minimum absolute atomic E-state index is 0.0920. The third-order valence-corrected chi connectivity index (χ3v) is 12.4. The molecule has 208 valence electrons. The lowest BCUT2D eigenvalue weighted by atomic mass is 9.73. The van der Waals surface area contributed by atoms with E-state index in [9.17, 15) is 13.8 Å². The van der Waals surface area contributed by atoms with Crippen molar-refractivity contribution in [3.63, 3.8) is 0 Å². The molecule has 2 aliphatic carbocycles. The minimum Gasteiger partial charge on any atom is -0.369 e. The van der Waals surface area contributed by atoms with Crippen molar-refractivity contribution < 1.29 is 13.2 Å². The highest BCUT2D eigenvalue weighted by Crippen LogP contribution is 2.44. The maximum absolute atomic E-state index is 13.3. The number of sulfonamides is 1. The Kier molecular flexibility index (Phi) is 7.89. The highest BCUT2D eigenvalue weighted by Gasteiger charge is 2.38. The molecule has 1 saturated carbocycles. The van der Waals surface area contributed by atoms with Crippen LogP contribution in [0.3, 0.4) is 0 Å². The number of hydrogen-bond donors (Lipinski definition) is 1. The number of nitrogens with zero attached hydrogens (tertiary/aromatic N) is 4. The van der Waals surface area contributed by atoms with E-state index in [0.717, 1.165) is 75.7 Å². The Hall–Kier alpha value is -2.15. The Morgan fingerprint density at radius 1 is 1.18 bits per heavy atom. The predicted molar refractivity (Wildman–Crippen MR) is 156 cm³/mol. The van der Waals surface area contributed by atoms with E-state index < -0.39 is 10.0 Å². The first-order chi connectivity index (χ1) is 18.9. The summed E-state index contributed by atoms with van der Waals surface area (Å²) >= 11 is 2.93. The van der Waals surface area contributed by atoms with E-state index in [0.29, 0.717) is 15.6 Å². The number of thiazole rings is 1. The Morgan fingerprint density at radius 2 is 2.00 bits per heavy atom. The monoisotopic (exact) mass is 585 g/mol. The number of thiophene rings is 1. The minimum atomic E-state index is -3.66. The van der Waals surface area contributed by atoms with Crippen LogP contribution in [0.5, 0.6) is 0 Å². The zero-order chi connectivity index (χ0) is 27.0. The van der Waals surface area contributed by atoms with Crippen molar-refractivity contribution in [2.45, 2.75) is 42.0 Å². The lowest BCUT2D eigenvalue weighted by Crippen LogP contribution is -2.47. The number of nitrogens with one attached hydrogen (secondary N) is 1. The molecule has 2 fully saturated rings. The van der Waals surface area contributed by atoms with Crippen LogP contribution in [0.4, 0.5) is 0 Å². The molecule has 0 amide bonds. The zero-order valence-corrected chi connectivity index (χ0v) is 24.6. The van der Waals surface area contributed by atoms with Crippen molar-refractivity contribution in [3.8, 4) is 0 Å². The van der Waals surface area contributed by atoms with Crippen LogP contribution >= 0.6 is 22.7 Å². The van der Waals surface area contributed by atoms with E-state index in [2.05, 4.69) is 28.0 Å². The van der Waals surface area contributed by atoms with Crippen LogP contribution in [-0.2, 0) is 21.3 Å². The fourth-order valence-electron chi connectivity index (χ4n) is 5.99. The Balaban J connectivity index is 1.14.